The highest BCUT2D eigenvalue weighted by molar-refractivity contribution is 9.09. The summed E-state index contributed by atoms with van der Waals surface area (Å²) in [5, 5.41) is 12.5. The van der Waals surface area contributed by atoms with Crippen molar-refractivity contribution in [3.05, 3.63) is 0 Å². The van der Waals surface area contributed by atoms with Gasteiger partial charge in [0.1, 0.15) is 0 Å². The van der Waals surface area contributed by atoms with Crippen molar-refractivity contribution >= 4 is 33.6 Å². The van der Waals surface area contributed by atoms with Crippen molar-refractivity contribution in [3.63, 3.8) is 0 Å². The minimum atomic E-state index is -0.808. The molecular weight excluding hydrogens is 242 g/mol. The molecule has 3 nitrogen and oxygen atoms in total. The highest BCUT2D eigenvalue weighted by Gasteiger charge is 2.19. The van der Waals surface area contributed by atoms with Gasteiger partial charge in [-0.25, -0.2) is 0 Å². The van der Waals surface area contributed by atoms with Crippen molar-refractivity contribution in [1.29, 1.82) is 0 Å². The molecule has 0 spiro atoms. The van der Waals surface area contributed by atoms with Crippen molar-refractivity contribution < 1.29 is 9.90 Å². The molecule has 0 saturated carbocycles. The zero-order valence-electron chi connectivity index (χ0n) is 7.26. The number of rotatable bonds is 5. The summed E-state index contributed by atoms with van der Waals surface area (Å²) in [6.45, 7) is 2.01. The van der Waals surface area contributed by atoms with Crippen LogP contribution in [0.25, 0.3) is 0 Å². The number of aliphatic hydroxyl groups is 1. The van der Waals surface area contributed by atoms with Crippen molar-refractivity contribution in [3.8, 4) is 0 Å². The molecule has 0 aromatic carbocycles. The van der Waals surface area contributed by atoms with Gasteiger partial charge in [0.15, 0.2) is 0 Å². The molecule has 2 N–H and O–H groups in total. The Morgan fingerprint density at radius 2 is 2.33 bits per heavy atom. The van der Waals surface area contributed by atoms with Crippen molar-refractivity contribution in [2.75, 3.05) is 23.9 Å². The number of carbonyl (C=O) groups excluding carboxylic acids is 1. The fourth-order valence-electron chi connectivity index (χ4n) is 0.698. The van der Waals surface area contributed by atoms with Gasteiger partial charge in [0, 0.05) is 12.3 Å². The van der Waals surface area contributed by atoms with Crippen molar-refractivity contribution in [2.45, 2.75) is 12.5 Å². The highest BCUT2D eigenvalue weighted by Crippen LogP contribution is 2.08. The minimum absolute atomic E-state index is 0.101. The monoisotopic (exact) mass is 255 g/mol. The van der Waals surface area contributed by atoms with Gasteiger partial charge in [-0.3, -0.25) is 4.79 Å². The van der Waals surface area contributed by atoms with Crippen LogP contribution in [0.2, 0.25) is 0 Å². The van der Waals surface area contributed by atoms with Crippen LogP contribution in [0.5, 0.6) is 0 Å². The van der Waals surface area contributed by atoms with E-state index in [4.69, 9.17) is 0 Å². The van der Waals surface area contributed by atoms with E-state index in [1.807, 2.05) is 6.26 Å². The third-order valence-electron chi connectivity index (χ3n) is 1.24. The molecule has 12 heavy (non-hydrogen) atoms. The molecular formula is C7H14BrNO2S. The van der Waals surface area contributed by atoms with Gasteiger partial charge in [0.2, 0.25) is 5.91 Å². The summed E-state index contributed by atoms with van der Waals surface area (Å²) >= 11 is 4.58. The lowest BCUT2D eigenvalue weighted by Crippen LogP contribution is -2.42. The van der Waals surface area contributed by atoms with E-state index in [0.29, 0.717) is 12.3 Å². The first kappa shape index (κ1) is 12.3. The fourth-order valence-corrected chi connectivity index (χ4v) is 1.62. The average molecular weight is 256 g/mol. The Morgan fingerprint density at radius 1 is 1.75 bits per heavy atom. The van der Waals surface area contributed by atoms with Crippen LogP contribution in [-0.2, 0) is 4.79 Å². The van der Waals surface area contributed by atoms with Crippen LogP contribution in [-0.4, -0.2) is 40.5 Å². The maximum absolute atomic E-state index is 10.8. The van der Waals surface area contributed by atoms with E-state index in [-0.39, 0.29) is 11.2 Å². The van der Waals surface area contributed by atoms with Gasteiger partial charge in [-0.2, -0.15) is 11.8 Å². The predicted molar refractivity (Wildman–Crippen MR) is 55.8 cm³/mol. The molecule has 72 valence electrons. The van der Waals surface area contributed by atoms with E-state index in [2.05, 4.69) is 21.2 Å². The number of thioether (sulfide) groups is 1. The van der Waals surface area contributed by atoms with Crippen LogP contribution in [0.3, 0.4) is 0 Å². The van der Waals surface area contributed by atoms with Crippen LogP contribution in [0, 0.1) is 0 Å². The molecule has 0 aromatic heterocycles. The maximum atomic E-state index is 10.8. The van der Waals surface area contributed by atoms with Crippen molar-refractivity contribution in [2.24, 2.45) is 0 Å². The Labute approximate surface area is 85.4 Å². The first-order chi connectivity index (χ1) is 5.52. The zero-order valence-corrected chi connectivity index (χ0v) is 9.67. The number of carbonyl (C=O) groups is 1. The Morgan fingerprint density at radius 3 is 2.75 bits per heavy atom. The Bertz CT molecular complexity index is 152. The number of halogens is 1. The first-order valence-corrected chi connectivity index (χ1v) is 6.07. The average Bonchev–Trinajstić information content (AvgIpc) is 2.00. The smallest absolute Gasteiger partial charge is 0.230 e. The molecule has 0 aromatic rings. The van der Waals surface area contributed by atoms with E-state index in [1.165, 1.54) is 0 Å². The molecule has 0 aliphatic carbocycles. The highest BCUT2D eigenvalue weighted by atomic mass is 79.9. The molecule has 5 heteroatoms. The van der Waals surface area contributed by atoms with E-state index >= 15 is 0 Å². The summed E-state index contributed by atoms with van der Waals surface area (Å²) in [4.78, 5) is 10.8. The van der Waals surface area contributed by atoms with Crippen LogP contribution in [0.1, 0.15) is 6.92 Å². The number of alkyl halides is 1. The van der Waals surface area contributed by atoms with Crippen LogP contribution in [0.4, 0.5) is 0 Å². The predicted octanol–water partition coefficient (Wildman–Crippen LogP) is 0.611. The van der Waals surface area contributed by atoms with Crippen LogP contribution in [0.15, 0.2) is 0 Å². The largest absolute Gasteiger partial charge is 0.387 e. The second-order valence-corrected chi connectivity index (χ2v) is 4.27. The molecule has 0 aliphatic rings. The van der Waals surface area contributed by atoms with Gasteiger partial charge in [0.05, 0.1) is 10.9 Å². The maximum Gasteiger partial charge on any atom is 0.230 e. The SMILES string of the molecule is CSCC(C)(O)CNC(=O)CBr. The summed E-state index contributed by atoms with van der Waals surface area (Å²) in [5.41, 5.74) is -0.808. The summed E-state index contributed by atoms with van der Waals surface area (Å²) in [6, 6.07) is 0. The van der Waals surface area contributed by atoms with E-state index in [0.717, 1.165) is 0 Å². The summed E-state index contributed by atoms with van der Waals surface area (Å²) in [5.74, 6) is 0.520. The minimum Gasteiger partial charge on any atom is -0.387 e. The molecule has 1 unspecified atom stereocenters. The number of nitrogens with one attached hydrogen (secondary N) is 1. The normalized spacial score (nSPS) is 15.3. The Balaban J connectivity index is 3.67. The Kier molecular flexibility index (Phi) is 5.96. The first-order valence-electron chi connectivity index (χ1n) is 3.56. The molecule has 0 bridgehead atoms. The third kappa shape index (κ3) is 5.85. The second kappa shape index (κ2) is 5.83. The lowest BCUT2D eigenvalue weighted by molar-refractivity contribution is -0.119. The molecule has 1 amide bonds. The van der Waals surface area contributed by atoms with Gasteiger partial charge in [-0.15, -0.1) is 0 Å². The van der Waals surface area contributed by atoms with E-state index in [1.54, 1.807) is 18.7 Å². The van der Waals surface area contributed by atoms with E-state index in [9.17, 15) is 9.90 Å². The van der Waals surface area contributed by atoms with Gasteiger partial charge >= 0.3 is 0 Å². The van der Waals surface area contributed by atoms with Gasteiger partial charge in [-0.05, 0) is 13.2 Å². The molecule has 0 radical (unpaired) electrons. The van der Waals surface area contributed by atoms with Crippen molar-refractivity contribution in [1.82, 2.24) is 5.32 Å². The Hall–Kier alpha value is 0.260. The molecule has 0 saturated heterocycles. The molecule has 1 atom stereocenters. The lowest BCUT2D eigenvalue weighted by atomic mass is 10.1. The topological polar surface area (TPSA) is 49.3 Å². The summed E-state index contributed by atoms with van der Waals surface area (Å²) in [7, 11) is 0. The summed E-state index contributed by atoms with van der Waals surface area (Å²) < 4.78 is 0. The van der Waals surface area contributed by atoms with E-state index < -0.39 is 5.60 Å². The lowest BCUT2D eigenvalue weighted by Gasteiger charge is -2.22. The number of amides is 1. The molecule has 0 heterocycles. The quantitative estimate of drug-likeness (QED) is 0.709. The molecule has 0 aliphatic heterocycles. The zero-order chi connectivity index (χ0) is 9.61. The van der Waals surface area contributed by atoms with Gasteiger partial charge in [0.25, 0.3) is 0 Å². The van der Waals surface area contributed by atoms with Gasteiger partial charge in [-0.1, -0.05) is 15.9 Å². The fraction of sp³-hybridized carbons (Fsp3) is 0.857. The van der Waals surface area contributed by atoms with Crippen LogP contribution >= 0.6 is 27.7 Å². The van der Waals surface area contributed by atoms with Gasteiger partial charge < -0.3 is 10.4 Å². The summed E-state index contributed by atoms with van der Waals surface area (Å²) in [6.07, 6.45) is 1.92. The number of hydrogen-bond acceptors (Lipinski definition) is 3. The molecule has 0 rings (SSSR count). The number of hydrogen-bond donors (Lipinski definition) is 2. The molecule has 0 fully saturated rings. The standard InChI is InChI=1S/C7H14BrNO2S/c1-7(11,5-12-2)4-9-6(10)3-8/h11H,3-5H2,1-2H3,(H,9,10). The van der Waals surface area contributed by atoms with Crippen LogP contribution < -0.4 is 5.32 Å². The third-order valence-corrected chi connectivity index (χ3v) is 2.66. The second-order valence-electron chi connectivity index (χ2n) is 2.84.